The van der Waals surface area contributed by atoms with Crippen LogP contribution in [-0.4, -0.2) is 40.8 Å². The number of nitrogens with one attached hydrogen (secondary N) is 1. The number of rotatable bonds is 8. The Balaban J connectivity index is 1.78. The first-order valence-electron chi connectivity index (χ1n) is 9.73. The number of ketones is 1. The van der Waals surface area contributed by atoms with Gasteiger partial charge in [0.25, 0.3) is 5.91 Å². The van der Waals surface area contributed by atoms with E-state index in [1.54, 1.807) is 6.08 Å². The fraction of sp³-hybridized carbons (Fsp3) is 0.217. The Morgan fingerprint density at radius 2 is 1.71 bits per heavy atom. The lowest BCUT2D eigenvalue weighted by atomic mass is 9.86. The lowest BCUT2D eigenvalue weighted by molar-refractivity contribution is -0.199. The number of nitrogens with zero attached hydrogens (tertiary/aromatic N) is 1. The van der Waals surface area contributed by atoms with Gasteiger partial charge in [0, 0.05) is 13.0 Å². The summed E-state index contributed by atoms with van der Waals surface area (Å²) in [6.07, 6.45) is 1.93. The van der Waals surface area contributed by atoms with Crippen molar-refractivity contribution in [3.63, 3.8) is 0 Å². The monoisotopic (exact) mass is 421 g/mol. The van der Waals surface area contributed by atoms with Crippen molar-refractivity contribution < 1.29 is 23.9 Å². The quantitative estimate of drug-likeness (QED) is 0.165. The van der Waals surface area contributed by atoms with Crippen molar-refractivity contribution in [2.45, 2.75) is 25.6 Å². The summed E-state index contributed by atoms with van der Waals surface area (Å²) in [5.41, 5.74) is 1.63. The maximum absolute atomic E-state index is 13.2. The molecule has 0 bridgehead atoms. The van der Waals surface area contributed by atoms with E-state index >= 15 is 0 Å². The first-order valence-corrected chi connectivity index (χ1v) is 9.73. The van der Waals surface area contributed by atoms with Crippen molar-refractivity contribution in [1.82, 2.24) is 10.3 Å². The van der Waals surface area contributed by atoms with Gasteiger partial charge in [0.05, 0.1) is 6.04 Å². The Bertz CT molecular complexity index is 991. The van der Waals surface area contributed by atoms with Crippen LogP contribution in [-0.2, 0) is 30.3 Å². The molecule has 0 unspecified atom stereocenters. The van der Waals surface area contributed by atoms with Gasteiger partial charge in [0.1, 0.15) is 0 Å². The van der Waals surface area contributed by atoms with Gasteiger partial charge in [0.2, 0.25) is 12.1 Å². The summed E-state index contributed by atoms with van der Waals surface area (Å²) in [4.78, 5) is 49.2. The predicted octanol–water partition coefficient (Wildman–Crippen LogP) is 1.22. The third-order valence-electron chi connectivity index (χ3n) is 4.84. The summed E-state index contributed by atoms with van der Waals surface area (Å²) in [6, 6.07) is 17.3. The first-order chi connectivity index (χ1) is 14.9. The van der Waals surface area contributed by atoms with Crippen molar-refractivity contribution in [2.75, 3.05) is 0 Å². The largest absolute Gasteiger partial charge is 0.439 e. The van der Waals surface area contributed by atoms with Crippen molar-refractivity contribution >= 4 is 29.6 Å². The minimum Gasteiger partial charge on any atom is -0.439 e. The van der Waals surface area contributed by atoms with Gasteiger partial charge in [-0.15, -0.1) is 0 Å². The van der Waals surface area contributed by atoms with Gasteiger partial charge >= 0.3 is 5.97 Å². The predicted molar refractivity (Wildman–Crippen MR) is 113 cm³/mol. The average molecular weight is 421 g/mol. The topological polar surface area (TPSA) is 119 Å². The number of Topliss-reactive ketones (excluding diaryl/α,β-unsaturated/α-hetero) is 1. The highest BCUT2D eigenvalue weighted by molar-refractivity contribution is 6.09. The smallest absolute Gasteiger partial charge is 0.304 e. The summed E-state index contributed by atoms with van der Waals surface area (Å²) in [5.74, 6) is 1.92. The first kappa shape index (κ1) is 21.9. The number of carbonyl (C=O) groups excluding carboxylic acids is 4. The van der Waals surface area contributed by atoms with Gasteiger partial charge in [-0.05, 0) is 23.6 Å². The van der Waals surface area contributed by atoms with Crippen LogP contribution in [0.2, 0.25) is 0 Å². The molecule has 160 valence electrons. The van der Waals surface area contributed by atoms with Gasteiger partial charge in [-0.2, -0.15) is 0 Å². The minimum absolute atomic E-state index is 0.172. The molecule has 0 radical (unpaired) electrons. The molecule has 2 amide bonds. The van der Waals surface area contributed by atoms with Crippen LogP contribution in [0.3, 0.4) is 0 Å². The third kappa shape index (κ3) is 5.43. The van der Waals surface area contributed by atoms with E-state index in [2.05, 4.69) is 5.32 Å². The standard InChI is InChI=1S/C23H23N3O5/c1-15(27)31-23-20(22(30)26(23)24)21(29)18(14-17-10-6-3-7-11-17)25-19(28)13-12-16-8-4-2-5-9-16/h2-13,18,20,23H,14,24H2,1H3,(H,25,28)/t18-,20-,23-/m0/s1. The molecule has 8 heteroatoms. The Hall–Kier alpha value is -3.78. The lowest BCUT2D eigenvalue weighted by Gasteiger charge is -2.42. The molecule has 0 spiro atoms. The van der Waals surface area contributed by atoms with Crippen molar-refractivity contribution in [3.05, 3.63) is 77.9 Å². The van der Waals surface area contributed by atoms with Gasteiger partial charge in [-0.3, -0.25) is 19.2 Å². The fourth-order valence-electron chi connectivity index (χ4n) is 3.29. The lowest BCUT2D eigenvalue weighted by Crippen LogP contribution is -2.69. The summed E-state index contributed by atoms with van der Waals surface area (Å²) >= 11 is 0. The van der Waals surface area contributed by atoms with Crippen molar-refractivity contribution in [3.8, 4) is 0 Å². The van der Waals surface area contributed by atoms with Crippen molar-refractivity contribution in [2.24, 2.45) is 11.8 Å². The molecule has 1 saturated heterocycles. The van der Waals surface area contributed by atoms with E-state index in [4.69, 9.17) is 10.6 Å². The number of carbonyl (C=O) groups is 4. The van der Waals surface area contributed by atoms with Crippen LogP contribution in [0.25, 0.3) is 6.08 Å². The number of amides is 2. The maximum Gasteiger partial charge on any atom is 0.304 e. The minimum atomic E-state index is -1.26. The Labute approximate surface area is 179 Å². The zero-order valence-electron chi connectivity index (χ0n) is 16.9. The zero-order valence-corrected chi connectivity index (χ0v) is 16.9. The molecule has 1 aliphatic rings. The number of β-lactam (4-membered cyclic amide) rings is 1. The van der Waals surface area contributed by atoms with E-state index in [0.717, 1.165) is 18.1 Å². The molecule has 0 aliphatic carbocycles. The number of esters is 1. The molecule has 1 heterocycles. The second-order valence-electron chi connectivity index (χ2n) is 7.12. The summed E-state index contributed by atoms with van der Waals surface area (Å²) in [7, 11) is 0. The van der Waals surface area contributed by atoms with Gasteiger partial charge in [-0.25, -0.2) is 10.9 Å². The van der Waals surface area contributed by atoms with Crippen LogP contribution in [0, 0.1) is 5.92 Å². The highest BCUT2D eigenvalue weighted by Gasteiger charge is 2.54. The molecular weight excluding hydrogens is 398 g/mol. The molecular formula is C23H23N3O5. The maximum atomic E-state index is 13.2. The van der Waals surface area contributed by atoms with Gasteiger partial charge in [0.15, 0.2) is 11.7 Å². The molecule has 31 heavy (non-hydrogen) atoms. The highest BCUT2D eigenvalue weighted by atomic mass is 16.6. The number of ether oxygens (including phenoxy) is 1. The second kappa shape index (κ2) is 9.82. The number of hydrazine groups is 1. The van der Waals surface area contributed by atoms with Crippen LogP contribution in [0.5, 0.6) is 0 Å². The van der Waals surface area contributed by atoms with E-state index in [1.165, 1.54) is 6.08 Å². The highest BCUT2D eigenvalue weighted by Crippen LogP contribution is 2.27. The number of benzene rings is 2. The van der Waals surface area contributed by atoms with E-state index < -0.39 is 41.8 Å². The molecule has 3 N–H and O–H groups in total. The van der Waals surface area contributed by atoms with E-state index in [9.17, 15) is 19.2 Å². The molecule has 0 saturated carbocycles. The molecule has 8 nitrogen and oxygen atoms in total. The van der Waals surface area contributed by atoms with Crippen LogP contribution in [0.1, 0.15) is 18.1 Å². The Morgan fingerprint density at radius 3 is 2.32 bits per heavy atom. The Morgan fingerprint density at radius 1 is 1.10 bits per heavy atom. The molecule has 3 rings (SSSR count). The van der Waals surface area contributed by atoms with E-state index in [1.807, 2.05) is 60.7 Å². The van der Waals surface area contributed by atoms with Crippen LogP contribution >= 0.6 is 0 Å². The van der Waals surface area contributed by atoms with E-state index in [-0.39, 0.29) is 6.42 Å². The molecule has 2 aromatic rings. The zero-order chi connectivity index (χ0) is 22.4. The van der Waals surface area contributed by atoms with Crippen molar-refractivity contribution in [1.29, 1.82) is 0 Å². The summed E-state index contributed by atoms with van der Waals surface area (Å²) in [6.45, 7) is 1.16. The SMILES string of the molecule is CC(=O)O[C@H]1[C@@H](C(=O)[C@H](Cc2ccccc2)NC(=O)C=Cc2ccccc2)C(=O)N1N. The fourth-order valence-corrected chi connectivity index (χ4v) is 3.29. The number of hydrogen-bond acceptors (Lipinski definition) is 6. The third-order valence-corrected chi connectivity index (χ3v) is 4.84. The Kier molecular flexibility index (Phi) is 6.94. The van der Waals surface area contributed by atoms with Crippen LogP contribution < -0.4 is 11.2 Å². The molecule has 3 atom stereocenters. The average Bonchev–Trinajstić information content (AvgIpc) is 2.77. The molecule has 0 aromatic heterocycles. The summed E-state index contributed by atoms with van der Waals surface area (Å²) in [5, 5.41) is 3.38. The van der Waals surface area contributed by atoms with Crippen LogP contribution in [0.4, 0.5) is 0 Å². The number of nitrogens with two attached hydrogens (primary N) is 1. The van der Waals surface area contributed by atoms with Crippen LogP contribution in [0.15, 0.2) is 66.7 Å². The molecule has 1 aliphatic heterocycles. The normalized spacial score (nSPS) is 18.9. The second-order valence-corrected chi connectivity index (χ2v) is 7.12. The number of hydrogen-bond donors (Lipinski definition) is 2. The van der Waals surface area contributed by atoms with Gasteiger partial charge in [-0.1, -0.05) is 60.7 Å². The molecule has 2 aromatic carbocycles. The summed E-state index contributed by atoms with van der Waals surface area (Å²) < 4.78 is 5.01. The van der Waals surface area contributed by atoms with E-state index in [0.29, 0.717) is 5.01 Å². The van der Waals surface area contributed by atoms with Gasteiger partial charge < -0.3 is 10.1 Å². The molecule has 1 fully saturated rings.